The van der Waals surface area contributed by atoms with Crippen molar-refractivity contribution < 1.29 is 0 Å². The molecule has 0 bridgehead atoms. The first-order chi connectivity index (χ1) is 18.3. The second-order valence-electron chi connectivity index (χ2n) is 9.81. The summed E-state index contributed by atoms with van der Waals surface area (Å²) in [5, 5.41) is 7.73. The van der Waals surface area contributed by atoms with E-state index < -0.39 is 0 Å². The van der Waals surface area contributed by atoms with Crippen LogP contribution in [0.1, 0.15) is 5.56 Å². The number of rotatable bonds is 3. The summed E-state index contributed by atoms with van der Waals surface area (Å²) in [6.07, 6.45) is 0. The third kappa shape index (κ3) is 3.61. The second-order valence-corrected chi connectivity index (χ2v) is 9.81. The summed E-state index contributed by atoms with van der Waals surface area (Å²) in [4.78, 5) is 0. The minimum Gasteiger partial charge on any atom is -0.0622 e. The summed E-state index contributed by atoms with van der Waals surface area (Å²) in [6.45, 7) is 2.19. The van der Waals surface area contributed by atoms with Crippen LogP contribution in [0.2, 0.25) is 0 Å². The Morgan fingerprint density at radius 3 is 1.70 bits per heavy atom. The van der Waals surface area contributed by atoms with Crippen molar-refractivity contribution >= 4 is 32.3 Å². The van der Waals surface area contributed by atoms with Crippen LogP contribution in [-0.4, -0.2) is 0 Å². The standard InChI is InChI=1S/C37H26/c1-25-18-23-34-35(24-25)36(29-21-19-27(20-22-29)26-10-3-2-4-11-26)32-15-7-8-16-33(32)37(34)31-17-9-13-28-12-5-6-14-30(28)31/h2-24H,1H3. The van der Waals surface area contributed by atoms with Crippen LogP contribution in [0.25, 0.3) is 65.7 Å². The van der Waals surface area contributed by atoms with Crippen LogP contribution >= 0.6 is 0 Å². The van der Waals surface area contributed by atoms with E-state index >= 15 is 0 Å². The molecule has 0 aliphatic heterocycles. The highest BCUT2D eigenvalue weighted by molar-refractivity contribution is 6.23. The lowest BCUT2D eigenvalue weighted by Crippen LogP contribution is -1.92. The van der Waals surface area contributed by atoms with Crippen molar-refractivity contribution in [2.75, 3.05) is 0 Å². The molecule has 0 fully saturated rings. The normalized spacial score (nSPS) is 11.4. The van der Waals surface area contributed by atoms with Gasteiger partial charge in [0, 0.05) is 0 Å². The molecule has 0 nitrogen and oxygen atoms in total. The molecule has 0 aliphatic carbocycles. The number of hydrogen-bond donors (Lipinski definition) is 0. The van der Waals surface area contributed by atoms with Crippen molar-refractivity contribution in [2.24, 2.45) is 0 Å². The van der Waals surface area contributed by atoms with Crippen molar-refractivity contribution in [3.8, 4) is 33.4 Å². The van der Waals surface area contributed by atoms with Gasteiger partial charge in [-0.2, -0.15) is 0 Å². The van der Waals surface area contributed by atoms with Crippen LogP contribution in [0.5, 0.6) is 0 Å². The summed E-state index contributed by atoms with van der Waals surface area (Å²) in [5.74, 6) is 0. The second kappa shape index (κ2) is 8.76. The van der Waals surface area contributed by atoms with E-state index in [0.717, 1.165) is 0 Å². The SMILES string of the molecule is Cc1ccc2c(-c3cccc4ccccc34)c3ccccc3c(-c3ccc(-c4ccccc4)cc3)c2c1. The average Bonchev–Trinajstić information content (AvgIpc) is 2.96. The van der Waals surface area contributed by atoms with Gasteiger partial charge in [0.1, 0.15) is 0 Å². The minimum atomic E-state index is 1.24. The lowest BCUT2D eigenvalue weighted by atomic mass is 9.84. The lowest BCUT2D eigenvalue weighted by molar-refractivity contribution is 1.51. The van der Waals surface area contributed by atoms with Gasteiger partial charge >= 0.3 is 0 Å². The number of hydrogen-bond acceptors (Lipinski definition) is 0. The smallest absolute Gasteiger partial charge is 0.00201 e. The predicted molar refractivity (Wildman–Crippen MR) is 160 cm³/mol. The Balaban J connectivity index is 1.56. The minimum absolute atomic E-state index is 1.24. The molecule has 0 amide bonds. The highest BCUT2D eigenvalue weighted by Gasteiger charge is 2.18. The monoisotopic (exact) mass is 470 g/mol. The molecule has 0 heterocycles. The quantitative estimate of drug-likeness (QED) is 0.225. The molecule has 7 aromatic rings. The predicted octanol–water partition coefficient (Wildman–Crippen LogP) is 10.5. The van der Waals surface area contributed by atoms with Crippen molar-refractivity contribution in [1.82, 2.24) is 0 Å². The van der Waals surface area contributed by atoms with Gasteiger partial charge in [-0.15, -0.1) is 0 Å². The van der Waals surface area contributed by atoms with Gasteiger partial charge < -0.3 is 0 Å². The van der Waals surface area contributed by atoms with Gasteiger partial charge in [0.25, 0.3) is 0 Å². The molecule has 7 aromatic carbocycles. The molecule has 0 aliphatic rings. The van der Waals surface area contributed by atoms with Crippen molar-refractivity contribution in [2.45, 2.75) is 6.92 Å². The number of fused-ring (bicyclic) bond motifs is 3. The van der Waals surface area contributed by atoms with Crippen LogP contribution in [0.3, 0.4) is 0 Å². The zero-order chi connectivity index (χ0) is 24.8. The zero-order valence-electron chi connectivity index (χ0n) is 20.8. The number of aryl methyl sites for hydroxylation is 1. The zero-order valence-corrected chi connectivity index (χ0v) is 20.8. The molecular weight excluding hydrogens is 444 g/mol. The molecule has 0 radical (unpaired) electrons. The van der Waals surface area contributed by atoms with E-state index in [0.29, 0.717) is 0 Å². The van der Waals surface area contributed by atoms with Crippen molar-refractivity contribution in [1.29, 1.82) is 0 Å². The topological polar surface area (TPSA) is 0 Å². The van der Waals surface area contributed by atoms with Crippen LogP contribution in [0, 0.1) is 6.92 Å². The Hall–Kier alpha value is -4.68. The Morgan fingerprint density at radius 1 is 0.351 bits per heavy atom. The summed E-state index contributed by atoms with van der Waals surface area (Å²) in [7, 11) is 0. The molecule has 0 spiro atoms. The Morgan fingerprint density at radius 2 is 0.919 bits per heavy atom. The van der Waals surface area contributed by atoms with Gasteiger partial charge in [0.2, 0.25) is 0 Å². The molecule has 0 atom stereocenters. The van der Waals surface area contributed by atoms with E-state index in [1.807, 2.05) is 0 Å². The molecule has 0 heteroatoms. The highest BCUT2D eigenvalue weighted by atomic mass is 14.2. The largest absolute Gasteiger partial charge is 0.0622 e. The van der Waals surface area contributed by atoms with Crippen LogP contribution in [-0.2, 0) is 0 Å². The highest BCUT2D eigenvalue weighted by Crippen LogP contribution is 2.45. The molecule has 0 saturated carbocycles. The van der Waals surface area contributed by atoms with Gasteiger partial charge in [0.15, 0.2) is 0 Å². The fraction of sp³-hybridized carbons (Fsp3) is 0.0270. The van der Waals surface area contributed by atoms with E-state index in [1.54, 1.807) is 0 Å². The fourth-order valence-corrected chi connectivity index (χ4v) is 5.80. The first-order valence-corrected chi connectivity index (χ1v) is 12.9. The molecular formula is C37H26. The summed E-state index contributed by atoms with van der Waals surface area (Å²) in [6, 6.07) is 50.8. The van der Waals surface area contributed by atoms with Crippen molar-refractivity contribution in [3.05, 3.63) is 145 Å². The summed E-state index contributed by atoms with van der Waals surface area (Å²) < 4.78 is 0. The molecule has 0 saturated heterocycles. The third-order valence-electron chi connectivity index (χ3n) is 7.52. The van der Waals surface area contributed by atoms with E-state index in [9.17, 15) is 0 Å². The van der Waals surface area contributed by atoms with Crippen LogP contribution in [0.4, 0.5) is 0 Å². The van der Waals surface area contributed by atoms with E-state index in [4.69, 9.17) is 0 Å². The van der Waals surface area contributed by atoms with Gasteiger partial charge in [-0.25, -0.2) is 0 Å². The molecule has 0 aromatic heterocycles. The first kappa shape index (κ1) is 21.6. The van der Waals surface area contributed by atoms with Crippen molar-refractivity contribution in [3.63, 3.8) is 0 Å². The average molecular weight is 471 g/mol. The molecule has 0 N–H and O–H groups in total. The molecule has 37 heavy (non-hydrogen) atoms. The fourth-order valence-electron chi connectivity index (χ4n) is 5.80. The summed E-state index contributed by atoms with van der Waals surface area (Å²) >= 11 is 0. The lowest BCUT2D eigenvalue weighted by Gasteiger charge is -2.19. The molecule has 174 valence electrons. The van der Waals surface area contributed by atoms with E-state index in [-0.39, 0.29) is 0 Å². The molecule has 7 rings (SSSR count). The van der Waals surface area contributed by atoms with Gasteiger partial charge in [-0.3, -0.25) is 0 Å². The van der Waals surface area contributed by atoms with Crippen LogP contribution in [0.15, 0.2) is 140 Å². The maximum atomic E-state index is 2.36. The Labute approximate surface area is 217 Å². The van der Waals surface area contributed by atoms with E-state index in [1.165, 1.54) is 71.3 Å². The Bertz CT molecular complexity index is 1900. The summed E-state index contributed by atoms with van der Waals surface area (Å²) in [5.41, 5.74) is 8.90. The first-order valence-electron chi connectivity index (χ1n) is 12.9. The van der Waals surface area contributed by atoms with Gasteiger partial charge in [-0.05, 0) is 72.6 Å². The maximum Gasteiger partial charge on any atom is -0.00201 e. The maximum absolute atomic E-state index is 2.36. The van der Waals surface area contributed by atoms with E-state index in [2.05, 4.69) is 146 Å². The Kier molecular flexibility index (Phi) is 5.11. The van der Waals surface area contributed by atoms with Gasteiger partial charge in [0.05, 0.1) is 0 Å². The third-order valence-corrected chi connectivity index (χ3v) is 7.52. The van der Waals surface area contributed by atoms with Gasteiger partial charge in [-0.1, -0.05) is 145 Å². The number of benzene rings is 7. The molecule has 0 unspecified atom stereocenters. The van der Waals surface area contributed by atoms with Crippen LogP contribution < -0.4 is 0 Å².